The molecule has 14 nitrogen and oxygen atoms in total. The minimum absolute atomic E-state index is 0. The van der Waals surface area contributed by atoms with E-state index in [1.54, 1.807) is 7.05 Å². The minimum Gasteiger partial charge on any atom is -0.790 e. The molecule has 3 rings (SSSR count). The zero-order valence-electron chi connectivity index (χ0n) is 17.7. The SMILES string of the molecule is CNc1ncnc2c1ncn2C1CC(OP(=O)([O-])[O-])C(COP(=O)([O-])[O-])O1.[Na+].[Na+].[Na+].[Na+]. The maximum absolute atomic E-state index is 11.0. The van der Waals surface area contributed by atoms with Gasteiger partial charge in [0.05, 0.1) is 34.7 Å². The summed E-state index contributed by atoms with van der Waals surface area (Å²) in [6.45, 7) is -0.811. The van der Waals surface area contributed by atoms with Crippen LogP contribution in [0, 0.1) is 0 Å². The molecule has 1 fully saturated rings. The van der Waals surface area contributed by atoms with Crippen LogP contribution in [0.1, 0.15) is 12.6 Å². The smallest absolute Gasteiger partial charge is 0.790 e. The van der Waals surface area contributed by atoms with E-state index < -0.39 is 40.7 Å². The van der Waals surface area contributed by atoms with Crippen LogP contribution in [0.5, 0.6) is 0 Å². The van der Waals surface area contributed by atoms with Crippen molar-refractivity contribution in [2.24, 2.45) is 0 Å². The Bertz CT molecular complexity index is 928. The quantitative estimate of drug-likeness (QED) is 0.270. The summed E-state index contributed by atoms with van der Waals surface area (Å²) in [5, 5.41) is 2.83. The number of hydrogen-bond acceptors (Lipinski definition) is 13. The molecule has 0 radical (unpaired) electrons. The monoisotopic (exact) mass is 513 g/mol. The number of nitrogens with one attached hydrogen (secondary N) is 1. The van der Waals surface area contributed by atoms with Crippen molar-refractivity contribution in [3.05, 3.63) is 12.7 Å². The van der Waals surface area contributed by atoms with E-state index in [1.807, 2.05) is 0 Å². The van der Waals surface area contributed by atoms with Gasteiger partial charge in [-0.2, -0.15) is 0 Å². The molecule has 3 unspecified atom stereocenters. The third-order valence-electron chi connectivity index (χ3n) is 3.75. The van der Waals surface area contributed by atoms with Gasteiger partial charge in [0.2, 0.25) is 0 Å². The van der Waals surface area contributed by atoms with Crippen LogP contribution in [0.15, 0.2) is 12.7 Å². The van der Waals surface area contributed by atoms with E-state index >= 15 is 0 Å². The number of ether oxygens (including phenoxy) is 1. The Kier molecular flexibility index (Phi) is 17.2. The van der Waals surface area contributed by atoms with Crippen molar-refractivity contribution >= 4 is 32.6 Å². The molecule has 3 atom stereocenters. The van der Waals surface area contributed by atoms with Crippen LogP contribution in [-0.2, 0) is 22.9 Å². The second kappa shape index (κ2) is 14.9. The Hall–Kier alpha value is 2.53. The van der Waals surface area contributed by atoms with Gasteiger partial charge < -0.3 is 47.8 Å². The molecule has 1 saturated heterocycles. The maximum Gasteiger partial charge on any atom is 1.00 e. The first-order valence-electron chi connectivity index (χ1n) is 7.45. The van der Waals surface area contributed by atoms with Crippen LogP contribution < -0.4 is 143 Å². The molecule has 1 aliphatic heterocycles. The van der Waals surface area contributed by atoms with Crippen LogP contribution in [0.4, 0.5) is 5.82 Å². The summed E-state index contributed by atoms with van der Waals surface area (Å²) in [4.78, 5) is 55.5. The number of rotatable bonds is 7. The standard InChI is InChI=1S/C11H17N5O9P2.4Na/c1-12-10-9-11(14-4-13-10)16(5-15-9)8-2-6(25-27(20,21)22)7(24-8)3-23-26(17,18)19;;;;/h4-8H,2-3H2,1H3,(H,12,13,14)(H2,17,18,19)(H2,20,21,22);;;;/q;4*+1/p-4. The summed E-state index contributed by atoms with van der Waals surface area (Å²) in [5.41, 5.74) is 0.744. The number of nitrogens with zero attached hydrogens (tertiary/aromatic N) is 4. The molecule has 0 saturated carbocycles. The number of imidazole rings is 1. The van der Waals surface area contributed by atoms with Crippen molar-refractivity contribution in [2.45, 2.75) is 24.9 Å². The Balaban J connectivity index is 0. The zero-order chi connectivity index (χ0) is 19.8. The topological polar surface area (TPSA) is 210 Å². The molecule has 1 N–H and O–H groups in total. The second-order valence-corrected chi connectivity index (χ2v) is 7.75. The normalized spacial score (nSPS) is 20.7. The summed E-state index contributed by atoms with van der Waals surface area (Å²) in [6, 6.07) is 0. The fourth-order valence-corrected chi connectivity index (χ4v) is 3.59. The van der Waals surface area contributed by atoms with Gasteiger partial charge in [0.25, 0.3) is 0 Å². The van der Waals surface area contributed by atoms with E-state index in [1.165, 1.54) is 17.2 Å². The van der Waals surface area contributed by atoms with Crippen LogP contribution in [0.2, 0.25) is 0 Å². The van der Waals surface area contributed by atoms with Crippen LogP contribution in [0.3, 0.4) is 0 Å². The molecule has 0 bridgehead atoms. The van der Waals surface area contributed by atoms with Gasteiger partial charge in [-0.1, -0.05) is 0 Å². The minimum atomic E-state index is -5.40. The molecule has 0 aliphatic carbocycles. The van der Waals surface area contributed by atoms with E-state index in [0.29, 0.717) is 17.0 Å². The van der Waals surface area contributed by atoms with Gasteiger partial charge in [-0.15, -0.1) is 0 Å². The first-order valence-corrected chi connectivity index (χ1v) is 10.4. The molecule has 3 heterocycles. The average Bonchev–Trinajstić information content (AvgIpc) is 3.14. The average molecular weight is 513 g/mol. The van der Waals surface area contributed by atoms with Crippen LogP contribution in [0.25, 0.3) is 11.2 Å². The van der Waals surface area contributed by atoms with Gasteiger partial charge in [-0.05, 0) is 0 Å². The van der Waals surface area contributed by atoms with Gasteiger partial charge in [0.1, 0.15) is 24.2 Å². The van der Waals surface area contributed by atoms with Crippen molar-refractivity contribution < 1.29 is 161 Å². The molecule has 2 aromatic rings. The molecular weight excluding hydrogens is 500 g/mol. The predicted molar refractivity (Wildman–Crippen MR) is 79.4 cm³/mol. The van der Waals surface area contributed by atoms with Crippen molar-refractivity contribution in [3.63, 3.8) is 0 Å². The van der Waals surface area contributed by atoms with Crippen LogP contribution in [-0.4, -0.2) is 45.4 Å². The predicted octanol–water partition coefficient (Wildman–Crippen LogP) is -14.8. The maximum atomic E-state index is 11.0. The molecule has 150 valence electrons. The van der Waals surface area contributed by atoms with E-state index in [0.717, 1.165) is 0 Å². The first-order chi connectivity index (χ1) is 12.6. The Labute approximate surface area is 265 Å². The van der Waals surface area contributed by atoms with Crippen molar-refractivity contribution in [2.75, 3.05) is 19.0 Å². The van der Waals surface area contributed by atoms with Gasteiger partial charge in [0.15, 0.2) is 11.5 Å². The van der Waals surface area contributed by atoms with E-state index in [4.69, 9.17) is 4.74 Å². The summed E-state index contributed by atoms with van der Waals surface area (Å²) in [7, 11) is -9.10. The Morgan fingerprint density at radius 1 is 1.13 bits per heavy atom. The number of aromatic nitrogens is 4. The number of fused-ring (bicyclic) bond motifs is 1. The van der Waals surface area contributed by atoms with E-state index in [9.17, 15) is 28.7 Å². The number of anilines is 1. The molecule has 2 aromatic heterocycles. The van der Waals surface area contributed by atoms with Gasteiger partial charge in [-0.3, -0.25) is 4.57 Å². The molecule has 0 spiro atoms. The van der Waals surface area contributed by atoms with Crippen molar-refractivity contribution in [1.82, 2.24) is 19.5 Å². The Morgan fingerprint density at radius 2 is 1.77 bits per heavy atom. The number of hydrogen-bond donors (Lipinski definition) is 1. The molecule has 0 amide bonds. The third-order valence-corrected chi connectivity index (χ3v) is 4.74. The second-order valence-electron chi connectivity index (χ2n) is 5.50. The van der Waals surface area contributed by atoms with Crippen molar-refractivity contribution in [1.29, 1.82) is 0 Å². The van der Waals surface area contributed by atoms with Gasteiger partial charge in [-0.25, -0.2) is 15.0 Å². The molecule has 31 heavy (non-hydrogen) atoms. The summed E-state index contributed by atoms with van der Waals surface area (Å²) < 4.78 is 37.2. The molecule has 1 aliphatic rings. The fourth-order valence-electron chi connectivity index (χ4n) is 2.71. The van der Waals surface area contributed by atoms with Crippen molar-refractivity contribution in [3.8, 4) is 0 Å². The molecular formula is C11H13N5Na4O9P2. The third kappa shape index (κ3) is 10.2. The zero-order valence-corrected chi connectivity index (χ0v) is 27.4. The molecule has 20 heteroatoms. The summed E-state index contributed by atoms with van der Waals surface area (Å²) in [5.74, 6) is 0.437. The molecule has 0 aromatic carbocycles. The fraction of sp³-hybridized carbons (Fsp3) is 0.545. The number of phosphoric ester groups is 2. The Morgan fingerprint density at radius 3 is 2.32 bits per heavy atom. The van der Waals surface area contributed by atoms with E-state index in [2.05, 4.69) is 29.3 Å². The van der Waals surface area contributed by atoms with Gasteiger partial charge >= 0.3 is 118 Å². The van der Waals surface area contributed by atoms with Gasteiger partial charge in [0, 0.05) is 13.5 Å². The largest absolute Gasteiger partial charge is 1.00 e. The summed E-state index contributed by atoms with van der Waals surface area (Å²) >= 11 is 0. The van der Waals surface area contributed by atoms with E-state index in [-0.39, 0.29) is 125 Å². The number of phosphoric acid groups is 2. The first kappa shape index (κ1) is 35.7. The summed E-state index contributed by atoms with van der Waals surface area (Å²) in [6.07, 6.45) is -1.10. The van der Waals surface area contributed by atoms with Crippen LogP contribution >= 0.6 is 15.6 Å².